The predicted molar refractivity (Wildman–Crippen MR) is 77.0 cm³/mol. The van der Waals surface area contributed by atoms with Gasteiger partial charge in [0.25, 0.3) is 0 Å². The van der Waals surface area contributed by atoms with Crippen molar-refractivity contribution in [2.75, 3.05) is 0 Å². The van der Waals surface area contributed by atoms with E-state index in [0.717, 1.165) is 10.0 Å². The molecule has 1 aliphatic rings. The van der Waals surface area contributed by atoms with Crippen molar-refractivity contribution in [2.24, 2.45) is 11.1 Å². The van der Waals surface area contributed by atoms with Crippen molar-refractivity contribution in [3.05, 3.63) is 34.1 Å². The normalized spacial score (nSPS) is 20.7. The van der Waals surface area contributed by atoms with Gasteiger partial charge < -0.3 is 5.73 Å². The Morgan fingerprint density at radius 2 is 2.00 bits per heavy atom. The number of benzene rings is 1. The molecule has 1 nitrogen and oxygen atoms in total. The van der Waals surface area contributed by atoms with Gasteiger partial charge >= 0.3 is 0 Å². The summed E-state index contributed by atoms with van der Waals surface area (Å²) in [4.78, 5) is 0. The molecule has 0 spiro atoms. The third-order valence-corrected chi connectivity index (χ3v) is 4.83. The van der Waals surface area contributed by atoms with Crippen LogP contribution in [0.2, 0.25) is 0 Å². The third-order valence-electron chi connectivity index (χ3n) is 4.34. The first-order chi connectivity index (χ1) is 8.51. The molecule has 0 heterocycles. The molecule has 1 aromatic carbocycles. The first kappa shape index (κ1) is 14.0. The Morgan fingerprint density at radius 3 is 2.67 bits per heavy atom. The van der Waals surface area contributed by atoms with Crippen molar-refractivity contribution < 1.29 is 4.39 Å². The van der Waals surface area contributed by atoms with Gasteiger partial charge in [-0.15, -0.1) is 0 Å². The summed E-state index contributed by atoms with van der Waals surface area (Å²) in [6.07, 6.45) is 6.79. The average molecular weight is 314 g/mol. The van der Waals surface area contributed by atoms with Crippen LogP contribution in [0.25, 0.3) is 0 Å². The van der Waals surface area contributed by atoms with Crippen LogP contribution in [0.3, 0.4) is 0 Å². The van der Waals surface area contributed by atoms with Gasteiger partial charge in [0.15, 0.2) is 0 Å². The molecule has 1 aliphatic carbocycles. The van der Waals surface area contributed by atoms with E-state index in [1.165, 1.54) is 38.2 Å². The Labute approximate surface area is 117 Å². The van der Waals surface area contributed by atoms with Gasteiger partial charge in [-0.3, -0.25) is 0 Å². The number of halogens is 2. The second-order valence-corrected chi connectivity index (χ2v) is 6.68. The molecule has 0 bridgehead atoms. The Bertz CT molecular complexity index is 413. The molecule has 1 aromatic rings. The molecule has 18 heavy (non-hydrogen) atoms. The molecule has 0 aliphatic heterocycles. The van der Waals surface area contributed by atoms with Crippen molar-refractivity contribution in [2.45, 2.75) is 51.5 Å². The quantitative estimate of drug-likeness (QED) is 0.877. The minimum atomic E-state index is -0.145. The molecule has 3 heteroatoms. The minimum absolute atomic E-state index is 0.0431. The molecule has 1 saturated carbocycles. The van der Waals surface area contributed by atoms with Gasteiger partial charge in [0.2, 0.25) is 0 Å². The van der Waals surface area contributed by atoms with Crippen molar-refractivity contribution in [3.8, 4) is 0 Å². The van der Waals surface area contributed by atoms with Crippen LogP contribution < -0.4 is 5.73 Å². The summed E-state index contributed by atoms with van der Waals surface area (Å²) in [5, 5.41) is 0. The molecular weight excluding hydrogens is 293 g/mol. The van der Waals surface area contributed by atoms with Gasteiger partial charge in [-0.2, -0.15) is 0 Å². The van der Waals surface area contributed by atoms with Crippen LogP contribution in [0.5, 0.6) is 0 Å². The van der Waals surface area contributed by atoms with Gasteiger partial charge in [0.05, 0.1) is 0 Å². The highest BCUT2D eigenvalue weighted by atomic mass is 79.9. The highest BCUT2D eigenvalue weighted by molar-refractivity contribution is 9.10. The van der Waals surface area contributed by atoms with Gasteiger partial charge in [0, 0.05) is 10.5 Å². The SMILES string of the molecule is CC1(C(N)Cc2cc(Br)ccc2F)CCCCC1. The van der Waals surface area contributed by atoms with E-state index in [9.17, 15) is 4.39 Å². The van der Waals surface area contributed by atoms with E-state index in [0.29, 0.717) is 6.42 Å². The Morgan fingerprint density at radius 1 is 1.33 bits per heavy atom. The summed E-state index contributed by atoms with van der Waals surface area (Å²) in [7, 11) is 0. The maximum atomic E-state index is 13.7. The molecule has 100 valence electrons. The molecule has 0 aromatic heterocycles. The van der Waals surface area contributed by atoms with Gasteiger partial charge in [-0.1, -0.05) is 42.1 Å². The molecule has 1 unspecified atom stereocenters. The fraction of sp³-hybridized carbons (Fsp3) is 0.600. The van der Waals surface area contributed by atoms with Gasteiger partial charge in [-0.05, 0) is 48.4 Å². The van der Waals surface area contributed by atoms with Gasteiger partial charge in [0.1, 0.15) is 5.82 Å². The zero-order valence-electron chi connectivity index (χ0n) is 10.9. The summed E-state index contributed by atoms with van der Waals surface area (Å²) in [5.74, 6) is -0.145. The highest BCUT2D eigenvalue weighted by Crippen LogP contribution is 2.39. The second kappa shape index (κ2) is 5.70. The number of rotatable bonds is 3. The van der Waals surface area contributed by atoms with E-state index in [1.807, 2.05) is 6.07 Å². The average Bonchev–Trinajstić information content (AvgIpc) is 2.35. The first-order valence-corrected chi connectivity index (χ1v) is 7.50. The van der Waals surface area contributed by atoms with E-state index in [2.05, 4.69) is 22.9 Å². The standard InChI is InChI=1S/C15H21BrFN/c1-15(7-3-2-4-8-15)14(18)10-11-9-12(16)5-6-13(11)17/h5-6,9,14H,2-4,7-8,10,18H2,1H3. The van der Waals surface area contributed by atoms with E-state index < -0.39 is 0 Å². The molecule has 0 saturated heterocycles. The first-order valence-electron chi connectivity index (χ1n) is 6.71. The lowest BCUT2D eigenvalue weighted by Crippen LogP contribution is -2.42. The molecule has 1 atom stereocenters. The molecule has 0 radical (unpaired) electrons. The van der Waals surface area contributed by atoms with Crippen LogP contribution in [0, 0.1) is 11.2 Å². The molecule has 0 amide bonds. The smallest absolute Gasteiger partial charge is 0.126 e. The van der Waals surface area contributed by atoms with E-state index in [-0.39, 0.29) is 17.3 Å². The lowest BCUT2D eigenvalue weighted by Gasteiger charge is -2.39. The Kier molecular flexibility index (Phi) is 4.44. The molecular formula is C15H21BrFN. The van der Waals surface area contributed by atoms with E-state index in [1.54, 1.807) is 6.07 Å². The van der Waals surface area contributed by atoms with Crippen LogP contribution in [0.4, 0.5) is 4.39 Å². The van der Waals surface area contributed by atoms with Crippen LogP contribution >= 0.6 is 15.9 Å². The monoisotopic (exact) mass is 313 g/mol. The van der Waals surface area contributed by atoms with Crippen molar-refractivity contribution in [1.82, 2.24) is 0 Å². The highest BCUT2D eigenvalue weighted by Gasteiger charge is 2.33. The lowest BCUT2D eigenvalue weighted by molar-refractivity contribution is 0.168. The summed E-state index contributed by atoms with van der Waals surface area (Å²) in [6, 6.07) is 5.13. The molecule has 2 rings (SSSR count). The number of nitrogens with two attached hydrogens (primary N) is 1. The summed E-state index contributed by atoms with van der Waals surface area (Å²) in [5.41, 5.74) is 7.25. The van der Waals surface area contributed by atoms with Crippen LogP contribution in [-0.4, -0.2) is 6.04 Å². The number of hydrogen-bond donors (Lipinski definition) is 1. The van der Waals surface area contributed by atoms with Crippen molar-refractivity contribution in [1.29, 1.82) is 0 Å². The maximum absolute atomic E-state index is 13.7. The molecule has 1 fully saturated rings. The Hall–Kier alpha value is -0.410. The van der Waals surface area contributed by atoms with Crippen molar-refractivity contribution in [3.63, 3.8) is 0 Å². The third kappa shape index (κ3) is 3.12. The zero-order valence-corrected chi connectivity index (χ0v) is 12.5. The summed E-state index contributed by atoms with van der Waals surface area (Å²) < 4.78 is 14.7. The fourth-order valence-corrected chi connectivity index (χ4v) is 3.32. The van der Waals surface area contributed by atoms with Crippen LogP contribution in [0.1, 0.15) is 44.6 Å². The largest absolute Gasteiger partial charge is 0.327 e. The maximum Gasteiger partial charge on any atom is 0.126 e. The predicted octanol–water partition coefficient (Wildman–Crippen LogP) is 4.43. The molecule has 2 N–H and O–H groups in total. The fourth-order valence-electron chi connectivity index (χ4n) is 2.91. The van der Waals surface area contributed by atoms with Crippen molar-refractivity contribution >= 4 is 15.9 Å². The minimum Gasteiger partial charge on any atom is -0.327 e. The summed E-state index contributed by atoms with van der Waals surface area (Å²) in [6.45, 7) is 2.26. The van der Waals surface area contributed by atoms with Gasteiger partial charge in [-0.25, -0.2) is 4.39 Å². The topological polar surface area (TPSA) is 26.0 Å². The van der Waals surface area contributed by atoms with Crippen LogP contribution in [-0.2, 0) is 6.42 Å². The second-order valence-electron chi connectivity index (χ2n) is 5.76. The number of hydrogen-bond acceptors (Lipinski definition) is 1. The van der Waals surface area contributed by atoms with E-state index in [4.69, 9.17) is 5.73 Å². The lowest BCUT2D eigenvalue weighted by atomic mass is 9.69. The summed E-state index contributed by atoms with van der Waals surface area (Å²) >= 11 is 3.39. The van der Waals surface area contributed by atoms with E-state index >= 15 is 0 Å². The zero-order chi connectivity index (χ0) is 13.2. The van der Waals surface area contributed by atoms with Crippen LogP contribution in [0.15, 0.2) is 22.7 Å². The Balaban J connectivity index is 2.10.